The fraction of sp³-hybridized carbons (Fsp3) is 0.486. The van der Waals surface area contributed by atoms with Gasteiger partial charge in [-0.15, -0.1) is 0 Å². The highest BCUT2D eigenvalue weighted by molar-refractivity contribution is 5.98. The molecule has 0 saturated carbocycles. The largest absolute Gasteiger partial charge is 0.461 e. The Kier molecular flexibility index (Phi) is 13.7. The highest BCUT2D eigenvalue weighted by Crippen LogP contribution is 2.23. The van der Waals surface area contributed by atoms with Crippen LogP contribution in [-0.2, 0) is 44.7 Å². The summed E-state index contributed by atoms with van der Waals surface area (Å²) in [6.45, 7) is 4.80. The molecule has 0 aromatic heterocycles. The number of ether oxygens (including phenoxy) is 1. The molecule has 3 aliphatic rings. The Bertz CT molecular complexity index is 1560. The number of fused-ring (bicyclic) bond motifs is 2. The lowest BCUT2D eigenvalue weighted by Gasteiger charge is -2.34. The van der Waals surface area contributed by atoms with Gasteiger partial charge in [-0.05, 0) is 52.0 Å². The van der Waals surface area contributed by atoms with Crippen LogP contribution in [-0.4, -0.2) is 119 Å². The summed E-state index contributed by atoms with van der Waals surface area (Å²) >= 11 is 0. The number of hydrogen-bond acceptors (Lipinski definition) is 8. The molecule has 0 aliphatic carbocycles. The molecule has 0 bridgehead atoms. The SMILES string of the molecule is C/C=C/C=C/C=C/C(=O)N[C@@H](Cc1ccccc1)C(=O)N[C@H]1COC(=O)[C@H]2CCCN2C(=O)[C@H](C)NC(=O)[C@H](C)N(C)C(=O)[C@H]2CCCN2C1=O. The zero-order valence-corrected chi connectivity index (χ0v) is 29.6. The minimum absolute atomic E-state index is 0.0915. The molecule has 0 radical (unpaired) electrons. The number of amides is 6. The van der Waals surface area contributed by atoms with E-state index in [0.29, 0.717) is 25.7 Å². The van der Waals surface area contributed by atoms with E-state index in [2.05, 4.69) is 16.0 Å². The van der Waals surface area contributed by atoms with Crippen molar-refractivity contribution in [2.24, 2.45) is 0 Å². The number of esters is 1. The molecule has 0 unspecified atom stereocenters. The van der Waals surface area contributed by atoms with Crippen molar-refractivity contribution in [2.45, 2.75) is 89.1 Å². The Balaban J connectivity index is 1.64. The van der Waals surface area contributed by atoms with E-state index in [9.17, 15) is 33.6 Å². The van der Waals surface area contributed by atoms with Crippen LogP contribution in [0.2, 0.25) is 0 Å². The van der Waals surface area contributed by atoms with Crippen LogP contribution in [0.3, 0.4) is 0 Å². The second-order valence-corrected chi connectivity index (χ2v) is 12.9. The fourth-order valence-electron chi connectivity index (χ4n) is 6.38. The molecule has 3 heterocycles. The van der Waals surface area contributed by atoms with Crippen LogP contribution in [0.25, 0.3) is 0 Å². The summed E-state index contributed by atoms with van der Waals surface area (Å²) in [7, 11) is 1.46. The molecule has 51 heavy (non-hydrogen) atoms. The van der Waals surface area contributed by atoms with Crippen LogP contribution in [0.1, 0.15) is 52.0 Å². The first-order valence-electron chi connectivity index (χ1n) is 17.4. The van der Waals surface area contributed by atoms with Crippen LogP contribution in [0.5, 0.6) is 0 Å². The van der Waals surface area contributed by atoms with E-state index in [1.807, 2.05) is 19.1 Å². The van der Waals surface area contributed by atoms with Crippen molar-refractivity contribution < 1.29 is 38.3 Å². The number of carbonyl (C=O) groups is 7. The second kappa shape index (κ2) is 18.1. The fourth-order valence-corrected chi connectivity index (χ4v) is 6.38. The second-order valence-electron chi connectivity index (χ2n) is 12.9. The monoisotopic (exact) mass is 704 g/mol. The standard InChI is InChI=1S/C37H48N6O8/c1-5-6-7-8-12-19-31(44)39-27(22-26-15-10-9-11-16-26)33(46)40-28-23-51-37(50)30-18-14-21-43(30)34(47)24(2)38-32(45)25(3)41(4)36(49)29-17-13-20-42(29)35(28)48/h5-12,15-16,19,24-25,27-30H,13-14,17-18,20-23H2,1-4H3,(H,38,45)(H,39,44)(H,40,46)/b6-5+,8-7+,19-12+/t24-,25-,27-,28-,29+,30+/m0/s1. The number of allylic oxidation sites excluding steroid dienone is 5. The van der Waals surface area contributed by atoms with Crippen LogP contribution in [0.15, 0.2) is 66.8 Å². The number of cyclic esters (lactones) is 1. The van der Waals surface area contributed by atoms with Crippen LogP contribution < -0.4 is 16.0 Å². The minimum atomic E-state index is -1.42. The molecule has 3 N–H and O–H groups in total. The number of rotatable bonds is 8. The molecule has 6 atom stereocenters. The zero-order valence-electron chi connectivity index (χ0n) is 29.6. The van der Waals surface area contributed by atoms with Gasteiger partial charge in [0.1, 0.15) is 42.9 Å². The lowest BCUT2D eigenvalue weighted by Crippen LogP contribution is -2.60. The summed E-state index contributed by atoms with van der Waals surface area (Å²) in [4.78, 5) is 98.6. The van der Waals surface area contributed by atoms with Gasteiger partial charge in [0.25, 0.3) is 0 Å². The topological polar surface area (TPSA) is 175 Å². The molecule has 1 aromatic rings. The first-order chi connectivity index (χ1) is 24.4. The van der Waals surface area contributed by atoms with Gasteiger partial charge in [-0.3, -0.25) is 28.8 Å². The summed E-state index contributed by atoms with van der Waals surface area (Å²) < 4.78 is 5.63. The lowest BCUT2D eigenvalue weighted by molar-refractivity contribution is -0.158. The molecular weight excluding hydrogens is 656 g/mol. The number of benzene rings is 1. The molecular formula is C37H48N6O8. The molecule has 3 fully saturated rings. The molecule has 14 heteroatoms. The maximum atomic E-state index is 14.2. The van der Waals surface area contributed by atoms with Gasteiger partial charge < -0.3 is 35.4 Å². The van der Waals surface area contributed by atoms with Crippen molar-refractivity contribution in [3.63, 3.8) is 0 Å². The first kappa shape index (κ1) is 38.5. The van der Waals surface area contributed by atoms with Crippen molar-refractivity contribution in [1.29, 1.82) is 0 Å². The van der Waals surface area contributed by atoms with E-state index in [1.54, 1.807) is 42.5 Å². The minimum Gasteiger partial charge on any atom is -0.461 e. The van der Waals surface area contributed by atoms with Crippen molar-refractivity contribution in [2.75, 3.05) is 26.7 Å². The van der Waals surface area contributed by atoms with E-state index in [-0.39, 0.29) is 19.5 Å². The summed E-state index contributed by atoms with van der Waals surface area (Å²) in [5.41, 5.74) is 0.747. The number of nitrogens with zero attached hydrogens (tertiary/aromatic N) is 3. The summed E-state index contributed by atoms with van der Waals surface area (Å²) in [5.74, 6) is -4.19. The third-order valence-electron chi connectivity index (χ3n) is 9.36. The summed E-state index contributed by atoms with van der Waals surface area (Å²) in [6, 6.07) is 2.64. The molecule has 3 saturated heterocycles. The van der Waals surface area contributed by atoms with Gasteiger partial charge in [-0.25, -0.2) is 4.79 Å². The molecule has 6 amide bonds. The Morgan fingerprint density at radius 1 is 0.902 bits per heavy atom. The Morgan fingerprint density at radius 2 is 1.55 bits per heavy atom. The van der Waals surface area contributed by atoms with Gasteiger partial charge in [-0.2, -0.15) is 0 Å². The number of likely N-dealkylation sites (N-methyl/N-ethyl adjacent to an activating group) is 1. The lowest BCUT2D eigenvalue weighted by atomic mass is 10.0. The van der Waals surface area contributed by atoms with Gasteiger partial charge in [0, 0.05) is 32.6 Å². The van der Waals surface area contributed by atoms with E-state index in [0.717, 1.165) is 5.56 Å². The predicted molar refractivity (Wildman–Crippen MR) is 187 cm³/mol. The van der Waals surface area contributed by atoms with E-state index < -0.39 is 84.3 Å². The zero-order chi connectivity index (χ0) is 37.1. The highest BCUT2D eigenvalue weighted by atomic mass is 16.5. The normalized spacial score (nSPS) is 26.0. The van der Waals surface area contributed by atoms with Gasteiger partial charge >= 0.3 is 5.97 Å². The van der Waals surface area contributed by atoms with Crippen molar-refractivity contribution in [1.82, 2.24) is 30.7 Å². The Labute approximate surface area is 298 Å². The van der Waals surface area contributed by atoms with E-state index in [4.69, 9.17) is 4.74 Å². The van der Waals surface area contributed by atoms with Crippen molar-refractivity contribution >= 4 is 41.4 Å². The maximum absolute atomic E-state index is 14.2. The third-order valence-corrected chi connectivity index (χ3v) is 9.36. The highest BCUT2D eigenvalue weighted by Gasteiger charge is 2.43. The van der Waals surface area contributed by atoms with Crippen molar-refractivity contribution in [3.8, 4) is 0 Å². The van der Waals surface area contributed by atoms with Gasteiger partial charge in [0.05, 0.1) is 0 Å². The van der Waals surface area contributed by atoms with E-state index >= 15 is 0 Å². The molecule has 0 spiro atoms. The van der Waals surface area contributed by atoms with Gasteiger partial charge in [-0.1, -0.05) is 60.7 Å². The third kappa shape index (κ3) is 9.92. The average Bonchev–Trinajstić information content (AvgIpc) is 3.82. The summed E-state index contributed by atoms with van der Waals surface area (Å²) in [6.07, 6.45) is 11.6. The Morgan fingerprint density at radius 3 is 2.24 bits per heavy atom. The van der Waals surface area contributed by atoms with Crippen LogP contribution in [0, 0.1) is 0 Å². The average molecular weight is 705 g/mol. The molecule has 274 valence electrons. The predicted octanol–water partition coefficient (Wildman–Crippen LogP) is 0.778. The van der Waals surface area contributed by atoms with Crippen LogP contribution in [0.4, 0.5) is 0 Å². The maximum Gasteiger partial charge on any atom is 0.328 e. The summed E-state index contributed by atoms with van der Waals surface area (Å²) in [5, 5.41) is 8.05. The molecule has 4 rings (SSSR count). The number of hydrogen-bond donors (Lipinski definition) is 3. The van der Waals surface area contributed by atoms with Gasteiger partial charge in [0.15, 0.2) is 0 Å². The molecule has 14 nitrogen and oxygen atoms in total. The van der Waals surface area contributed by atoms with E-state index in [1.165, 1.54) is 47.7 Å². The molecule has 3 aliphatic heterocycles. The smallest absolute Gasteiger partial charge is 0.328 e. The number of nitrogens with one attached hydrogen (secondary N) is 3. The Hall–Kier alpha value is -5.27. The quantitative estimate of drug-likeness (QED) is 0.202. The number of carbonyl (C=O) groups excluding carboxylic acids is 7. The van der Waals surface area contributed by atoms with Gasteiger partial charge in [0.2, 0.25) is 35.4 Å². The molecule has 1 aromatic carbocycles. The van der Waals surface area contributed by atoms with Crippen LogP contribution >= 0.6 is 0 Å². The first-order valence-corrected chi connectivity index (χ1v) is 17.4. The van der Waals surface area contributed by atoms with Crippen molar-refractivity contribution in [3.05, 3.63) is 72.4 Å².